The second-order valence-corrected chi connectivity index (χ2v) is 9.33. The smallest absolute Gasteiger partial charge is 0.277 e. The van der Waals surface area contributed by atoms with Crippen LogP contribution in [0.5, 0.6) is 0 Å². The highest BCUT2D eigenvalue weighted by atomic mass is 19.1. The zero-order chi connectivity index (χ0) is 27.6. The molecule has 0 aliphatic heterocycles. The summed E-state index contributed by atoms with van der Waals surface area (Å²) in [6.45, 7) is 5.03. The predicted molar refractivity (Wildman–Crippen MR) is 142 cm³/mol. The molecule has 0 atom stereocenters. The number of anilines is 1. The number of aryl methyl sites for hydroxylation is 1. The van der Waals surface area contributed by atoms with Crippen LogP contribution in [0.2, 0.25) is 0 Å². The molecule has 0 radical (unpaired) electrons. The van der Waals surface area contributed by atoms with Gasteiger partial charge in [-0.25, -0.2) is 9.37 Å². The Bertz CT molecular complexity index is 1570. The fraction of sp³-hybridized carbons (Fsp3) is 0.250. The summed E-state index contributed by atoms with van der Waals surface area (Å²) < 4.78 is 15.8. The maximum Gasteiger partial charge on any atom is 0.277 e. The van der Waals surface area contributed by atoms with E-state index in [1.165, 1.54) is 24.3 Å². The SMILES string of the molecule is Cc1nn(Cc2ccc(C#N)cc2)c(C)c1N(CCN(C)C)C(=O)c1cc(C(N)=O)c2ccc(F)cc2n1. The molecule has 2 aromatic carbocycles. The van der Waals surface area contributed by atoms with Gasteiger partial charge in [0.1, 0.15) is 11.5 Å². The first-order valence-electron chi connectivity index (χ1n) is 12.0. The number of primary amides is 1. The molecule has 0 saturated carbocycles. The van der Waals surface area contributed by atoms with Crippen molar-refractivity contribution in [3.05, 3.63) is 88.1 Å². The van der Waals surface area contributed by atoms with E-state index in [1.807, 2.05) is 45.0 Å². The van der Waals surface area contributed by atoms with Crippen molar-refractivity contribution in [3.8, 4) is 6.07 Å². The Morgan fingerprint density at radius 2 is 1.79 bits per heavy atom. The number of rotatable bonds is 8. The molecule has 0 unspecified atom stereocenters. The van der Waals surface area contributed by atoms with E-state index in [2.05, 4.69) is 16.2 Å². The van der Waals surface area contributed by atoms with Crippen LogP contribution < -0.4 is 10.6 Å². The highest BCUT2D eigenvalue weighted by Gasteiger charge is 2.27. The summed E-state index contributed by atoms with van der Waals surface area (Å²) in [5.41, 5.74) is 9.40. The highest BCUT2D eigenvalue weighted by Crippen LogP contribution is 2.28. The molecule has 0 aliphatic carbocycles. The lowest BCUT2D eigenvalue weighted by Crippen LogP contribution is -2.38. The highest BCUT2D eigenvalue weighted by molar-refractivity contribution is 6.11. The van der Waals surface area contributed by atoms with Crippen LogP contribution in [-0.2, 0) is 6.54 Å². The Morgan fingerprint density at radius 3 is 2.42 bits per heavy atom. The summed E-state index contributed by atoms with van der Waals surface area (Å²) in [5, 5.41) is 14.1. The van der Waals surface area contributed by atoms with Gasteiger partial charge in [0, 0.05) is 24.5 Å². The topological polar surface area (TPSA) is 121 Å². The number of hydrogen-bond acceptors (Lipinski definition) is 6. The lowest BCUT2D eigenvalue weighted by atomic mass is 10.1. The number of nitrogens with zero attached hydrogens (tertiary/aromatic N) is 6. The normalized spacial score (nSPS) is 11.1. The van der Waals surface area contributed by atoms with Gasteiger partial charge in [0.05, 0.1) is 46.3 Å². The third kappa shape index (κ3) is 5.38. The van der Waals surface area contributed by atoms with E-state index in [1.54, 1.807) is 21.7 Å². The summed E-state index contributed by atoms with van der Waals surface area (Å²) in [6.07, 6.45) is 0. The summed E-state index contributed by atoms with van der Waals surface area (Å²) in [7, 11) is 3.80. The molecule has 2 amide bonds. The minimum absolute atomic E-state index is 0.0192. The summed E-state index contributed by atoms with van der Waals surface area (Å²) in [6, 6.07) is 14.5. The fourth-order valence-electron chi connectivity index (χ4n) is 4.36. The number of likely N-dealkylation sites (N-methyl/N-ethyl adjacent to an activating group) is 1. The molecule has 0 fully saturated rings. The van der Waals surface area contributed by atoms with E-state index in [9.17, 15) is 14.0 Å². The number of fused-ring (bicyclic) bond motifs is 1. The van der Waals surface area contributed by atoms with E-state index in [-0.39, 0.29) is 16.8 Å². The van der Waals surface area contributed by atoms with Crippen molar-refractivity contribution in [1.29, 1.82) is 5.26 Å². The van der Waals surface area contributed by atoms with Crippen molar-refractivity contribution in [1.82, 2.24) is 19.7 Å². The average molecular weight is 514 g/mol. The molecule has 194 valence electrons. The number of nitriles is 1. The van der Waals surface area contributed by atoms with Gasteiger partial charge in [0.25, 0.3) is 5.91 Å². The molecular weight excluding hydrogens is 485 g/mol. The Kier molecular flexibility index (Phi) is 7.50. The minimum Gasteiger partial charge on any atom is -0.366 e. The largest absolute Gasteiger partial charge is 0.366 e. The quantitative estimate of drug-likeness (QED) is 0.385. The second-order valence-electron chi connectivity index (χ2n) is 9.33. The Morgan fingerprint density at radius 1 is 1.08 bits per heavy atom. The van der Waals surface area contributed by atoms with Crippen LogP contribution in [0.3, 0.4) is 0 Å². The monoisotopic (exact) mass is 513 g/mol. The van der Waals surface area contributed by atoms with Crippen molar-refractivity contribution in [2.75, 3.05) is 32.1 Å². The molecule has 0 saturated heterocycles. The molecule has 2 heterocycles. The number of hydrogen-bond donors (Lipinski definition) is 1. The van der Waals surface area contributed by atoms with Gasteiger partial charge in [-0.1, -0.05) is 12.1 Å². The van der Waals surface area contributed by atoms with E-state index in [4.69, 9.17) is 11.0 Å². The molecule has 10 heteroatoms. The zero-order valence-corrected chi connectivity index (χ0v) is 21.7. The first kappa shape index (κ1) is 26.4. The van der Waals surface area contributed by atoms with Gasteiger partial charge in [-0.05, 0) is 63.8 Å². The van der Waals surface area contributed by atoms with Gasteiger partial charge < -0.3 is 15.5 Å². The van der Waals surface area contributed by atoms with Crippen LogP contribution in [0.15, 0.2) is 48.5 Å². The van der Waals surface area contributed by atoms with Gasteiger partial charge in [0.2, 0.25) is 5.91 Å². The molecule has 0 aliphatic rings. The zero-order valence-electron chi connectivity index (χ0n) is 21.7. The average Bonchev–Trinajstić information content (AvgIpc) is 3.15. The molecule has 4 rings (SSSR count). The molecule has 0 bridgehead atoms. The van der Waals surface area contributed by atoms with Crippen molar-refractivity contribution in [3.63, 3.8) is 0 Å². The number of nitrogens with two attached hydrogens (primary N) is 1. The number of aromatic nitrogens is 3. The first-order chi connectivity index (χ1) is 18.1. The second kappa shape index (κ2) is 10.8. The minimum atomic E-state index is -0.736. The van der Waals surface area contributed by atoms with Crippen LogP contribution in [-0.4, -0.2) is 58.7 Å². The molecule has 2 N–H and O–H groups in total. The van der Waals surface area contributed by atoms with Crippen LogP contribution in [0.25, 0.3) is 10.9 Å². The molecular formula is C28H28FN7O2. The summed E-state index contributed by atoms with van der Waals surface area (Å²) >= 11 is 0. The number of halogens is 1. The Balaban J connectivity index is 1.78. The Labute approximate surface area is 219 Å². The Hall–Kier alpha value is -4.62. The van der Waals surface area contributed by atoms with Crippen molar-refractivity contribution >= 4 is 28.4 Å². The summed E-state index contributed by atoms with van der Waals surface area (Å²) in [5.74, 6) is -1.73. The van der Waals surface area contributed by atoms with E-state index < -0.39 is 17.6 Å². The number of carbonyl (C=O) groups is 2. The van der Waals surface area contributed by atoms with Crippen LogP contribution in [0.4, 0.5) is 10.1 Å². The van der Waals surface area contributed by atoms with Crippen LogP contribution in [0, 0.1) is 31.0 Å². The number of pyridine rings is 1. The number of carbonyl (C=O) groups excluding carboxylic acids is 2. The fourth-order valence-corrected chi connectivity index (χ4v) is 4.36. The third-order valence-electron chi connectivity index (χ3n) is 6.30. The third-order valence-corrected chi connectivity index (χ3v) is 6.30. The molecule has 0 spiro atoms. The van der Waals surface area contributed by atoms with Gasteiger partial charge >= 0.3 is 0 Å². The molecule has 38 heavy (non-hydrogen) atoms. The maximum atomic E-state index is 14.0. The standard InChI is InChI=1S/C28H28FN7O2/c1-17-26(18(2)36(33-17)16-20-7-5-19(15-30)6-8-20)35(12-11-34(3)4)28(38)25-14-23(27(31)37)22-10-9-21(29)13-24(22)32-25/h5-10,13-14H,11-12,16H2,1-4H3,(H2,31,37). The number of amides is 2. The molecule has 2 aromatic heterocycles. The molecule has 4 aromatic rings. The van der Waals surface area contributed by atoms with Gasteiger partial charge in [0.15, 0.2) is 0 Å². The van der Waals surface area contributed by atoms with Crippen LogP contribution >= 0.6 is 0 Å². The van der Waals surface area contributed by atoms with Crippen molar-refractivity contribution in [2.45, 2.75) is 20.4 Å². The number of benzene rings is 2. The first-order valence-corrected chi connectivity index (χ1v) is 12.0. The van der Waals surface area contributed by atoms with Gasteiger partial charge in [-0.3, -0.25) is 14.3 Å². The lowest BCUT2D eigenvalue weighted by molar-refractivity contribution is 0.0980. The lowest BCUT2D eigenvalue weighted by Gasteiger charge is -2.25. The predicted octanol–water partition coefficient (Wildman–Crippen LogP) is 3.41. The van der Waals surface area contributed by atoms with E-state index in [0.29, 0.717) is 42.0 Å². The van der Waals surface area contributed by atoms with Gasteiger partial charge in [-0.2, -0.15) is 10.4 Å². The van der Waals surface area contributed by atoms with E-state index >= 15 is 0 Å². The van der Waals surface area contributed by atoms with Crippen LogP contribution in [0.1, 0.15) is 43.4 Å². The van der Waals surface area contributed by atoms with Crippen molar-refractivity contribution in [2.24, 2.45) is 5.73 Å². The maximum absolute atomic E-state index is 14.0. The summed E-state index contributed by atoms with van der Waals surface area (Å²) in [4.78, 5) is 34.1. The van der Waals surface area contributed by atoms with E-state index in [0.717, 1.165) is 11.3 Å². The van der Waals surface area contributed by atoms with Gasteiger partial charge in [-0.15, -0.1) is 0 Å². The molecule has 9 nitrogen and oxygen atoms in total. The van der Waals surface area contributed by atoms with Crippen molar-refractivity contribution < 1.29 is 14.0 Å².